The molecule has 14 nitrogen and oxygen atoms in total. The maximum atomic E-state index is 5.03. The minimum atomic E-state index is 0. The molecule has 0 aliphatic rings. The minimum Gasteiger partial charge on any atom is -0.394 e. The average molecular weight is 2190 g/mol. The summed E-state index contributed by atoms with van der Waals surface area (Å²) >= 11 is 0. The van der Waals surface area contributed by atoms with Gasteiger partial charge >= 0.3 is 0 Å². The van der Waals surface area contributed by atoms with E-state index in [1.807, 2.05) is 267 Å². The number of nitrogens with zero attached hydrogens (tertiary/aromatic N) is 14. The van der Waals surface area contributed by atoms with Crippen LogP contribution in [0.3, 0.4) is 0 Å². The molecule has 9 aromatic rings. The SMILES string of the molecule is CC.CC.CC.CC.CC.CC.CC.CC.CC.CC.Cc1ccccc1.Cc1ccccn1.Cc1cccnc1.Cc1ccncc1.Cc1ccncn1.Cc1cnccn1.Cc1cncnc1.Cc1ncccn1.Cc1ncncn1.[CH-]=CC(=[CH-])C.[Y].[Y].[Y].[Y].[Y].[Y].[Y].[Y].[Y].[Y].[Y]. The fraction of sp³-hybridized carbons (Fsp3) is 0.405. The van der Waals surface area contributed by atoms with Crippen molar-refractivity contribution in [1.82, 2.24) is 69.8 Å². The van der Waals surface area contributed by atoms with Gasteiger partial charge < -0.3 is 24.8 Å². The minimum absolute atomic E-state index is 0. The van der Waals surface area contributed by atoms with Gasteiger partial charge in [-0.2, -0.15) is 0 Å². The quantitative estimate of drug-likeness (QED) is 0.112. The molecule has 0 unspecified atom stereocenters. The van der Waals surface area contributed by atoms with Crippen molar-refractivity contribution >= 4 is 0 Å². The predicted molar refractivity (Wildman–Crippen MR) is 386 cm³/mol. The molecule has 525 valence electrons. The molecule has 0 amide bonds. The predicted octanol–water partition coefficient (Wildman–Crippen LogP) is 21.1. The molecule has 0 saturated heterocycles. The van der Waals surface area contributed by atoms with E-state index in [0.29, 0.717) is 5.57 Å². The zero-order valence-electron chi connectivity index (χ0n) is 67.2. The van der Waals surface area contributed by atoms with Crippen LogP contribution >= 0.6 is 0 Å². The van der Waals surface area contributed by atoms with Crippen molar-refractivity contribution in [2.24, 2.45) is 0 Å². The summed E-state index contributed by atoms with van der Waals surface area (Å²) in [5, 5.41) is 0. The fourth-order valence-corrected chi connectivity index (χ4v) is 3.63. The van der Waals surface area contributed by atoms with Crippen LogP contribution in [0.1, 0.15) is 196 Å². The Morgan fingerprint density at radius 2 is 0.596 bits per heavy atom. The van der Waals surface area contributed by atoms with E-state index in [9.17, 15) is 0 Å². The van der Waals surface area contributed by atoms with E-state index in [2.05, 4.69) is 88.8 Å². The van der Waals surface area contributed by atoms with Crippen LogP contribution < -0.4 is 0 Å². The first-order chi connectivity index (χ1) is 42.8. The molecule has 0 fully saturated rings. The average Bonchev–Trinajstić information content (AvgIpc) is 3.63. The fourth-order valence-electron chi connectivity index (χ4n) is 3.63. The van der Waals surface area contributed by atoms with Crippen LogP contribution in [0, 0.1) is 75.5 Å². The van der Waals surface area contributed by atoms with Gasteiger partial charge in [0.1, 0.15) is 37.0 Å². The monoisotopic (exact) mass is 2190 g/mol. The summed E-state index contributed by atoms with van der Waals surface area (Å²) < 4.78 is 0. The van der Waals surface area contributed by atoms with E-state index in [1.54, 1.807) is 87.4 Å². The Kier molecular flexibility index (Phi) is 267. The smallest absolute Gasteiger partial charge is 0.128 e. The van der Waals surface area contributed by atoms with Crippen molar-refractivity contribution < 1.29 is 360 Å². The van der Waals surface area contributed by atoms with Gasteiger partial charge in [0.15, 0.2) is 0 Å². The van der Waals surface area contributed by atoms with Crippen molar-refractivity contribution in [2.45, 2.75) is 208 Å². The Hall–Kier alpha value is 3.62. The summed E-state index contributed by atoms with van der Waals surface area (Å²) in [5.74, 6) is 1.58. The first kappa shape index (κ1) is 163. The van der Waals surface area contributed by atoms with Gasteiger partial charge in [-0.25, -0.2) is 44.9 Å². The standard InChI is InChI=1S/C7H8.3C6H7N.4C5H6N2.C5H6.C4H5N3.10C2H6.11Y/c1-7-5-3-2-4-6-7;1-6-2-4-7-5-3-6;1-6-3-2-4-7-5-6;1-6-4-2-3-5-7-6;1-5-2-6-4-7-3-5;1-5-4-6-2-3-7-5;1-5-2-3-6-4-7-5;1-5-6-3-2-4-7-5;1-4-5(2)3;1-4-6-2-5-3-7-4;10*1-2;;;;;;;;;;;/h2-6H,1H3;3*2-5H,1H3;4*2-4H,1H3;1-2,4H,3H3;2-3H,1H3;10*1-2H3;;;;;;;;;;;/q;;;;;;;;-2;;;;;;;;;;;;;;;;;;;;;;. The number of hydrogen-bond acceptors (Lipinski definition) is 14. The number of benzene rings is 1. The summed E-state index contributed by atoms with van der Waals surface area (Å²) in [6.45, 7) is 69.3. The molecule has 0 atom stereocenters. The normalized spacial score (nSPS) is 6.48. The van der Waals surface area contributed by atoms with Crippen molar-refractivity contribution in [3.8, 4) is 0 Å². The first-order valence-corrected chi connectivity index (χ1v) is 31.1. The molecule has 0 aliphatic heterocycles. The molecule has 0 N–H and O–H groups in total. The summed E-state index contributed by atoms with van der Waals surface area (Å²) in [5.41, 5.74) is 8.59. The van der Waals surface area contributed by atoms with Crippen LogP contribution in [0.15, 0.2) is 202 Å². The number of pyridine rings is 3. The molecule has 25 heteroatoms. The molecule has 0 bridgehead atoms. The largest absolute Gasteiger partial charge is 0.394 e. The van der Waals surface area contributed by atoms with Crippen LogP contribution in [-0.4, -0.2) is 69.8 Å². The molecule has 0 spiro atoms. The summed E-state index contributed by atoms with van der Waals surface area (Å²) in [4.78, 5) is 53.5. The number of allylic oxidation sites excluding steroid dienone is 2. The van der Waals surface area contributed by atoms with E-state index in [4.69, 9.17) is 13.2 Å². The van der Waals surface area contributed by atoms with E-state index < -0.39 is 0 Å². The molecule has 8 aromatic heterocycles. The van der Waals surface area contributed by atoms with Gasteiger partial charge in [0.2, 0.25) is 0 Å². The maximum Gasteiger partial charge on any atom is 0.128 e. The molecular weight excluding hydrogens is 2060 g/mol. The number of rotatable bonds is 1. The van der Waals surface area contributed by atoms with Crippen LogP contribution in [0.5, 0.6) is 0 Å². The van der Waals surface area contributed by atoms with Crippen molar-refractivity contribution in [3.63, 3.8) is 0 Å². The molecule has 8 heterocycles. The van der Waals surface area contributed by atoms with Gasteiger partial charge in [-0.1, -0.05) is 187 Å². The molecule has 99 heavy (non-hydrogen) atoms. The van der Waals surface area contributed by atoms with Gasteiger partial charge in [-0.15, -0.1) is 6.92 Å². The molecular formula is C74H124N14Y11-2. The topological polar surface area (TPSA) is 180 Å². The number of aromatic nitrogens is 14. The Balaban J connectivity index is -0.0000000320. The molecule has 11 radical (unpaired) electrons. The summed E-state index contributed by atoms with van der Waals surface area (Å²) in [6, 6.07) is 27.7. The Labute approximate surface area is 886 Å². The zero-order valence-corrected chi connectivity index (χ0v) is 98.5. The molecule has 9 rings (SSSR count). The van der Waals surface area contributed by atoms with Gasteiger partial charge in [0.25, 0.3) is 0 Å². The summed E-state index contributed by atoms with van der Waals surface area (Å²) in [7, 11) is 0. The third-order valence-electron chi connectivity index (χ3n) is 7.10. The van der Waals surface area contributed by atoms with Gasteiger partial charge in [-0.3, -0.25) is 24.9 Å². The molecule has 0 saturated carbocycles. The second-order valence-electron chi connectivity index (χ2n) is 13.7. The van der Waals surface area contributed by atoms with Crippen molar-refractivity contribution in [3.05, 3.63) is 267 Å². The third kappa shape index (κ3) is 167. The number of hydrogen-bond donors (Lipinski definition) is 0. The van der Waals surface area contributed by atoms with E-state index >= 15 is 0 Å². The number of aryl methyl sites for hydroxylation is 9. The van der Waals surface area contributed by atoms with Crippen molar-refractivity contribution in [1.29, 1.82) is 0 Å². The second kappa shape index (κ2) is 162. The van der Waals surface area contributed by atoms with Gasteiger partial charge in [0, 0.05) is 452 Å². The summed E-state index contributed by atoms with van der Waals surface area (Å²) in [6.07, 6.45) is 30.1. The zero-order chi connectivity index (χ0) is 70.3. The van der Waals surface area contributed by atoms with E-state index in [0.717, 1.165) is 34.3 Å². The van der Waals surface area contributed by atoms with Gasteiger partial charge in [0.05, 0.1) is 5.69 Å². The molecule has 1 aromatic carbocycles. The Morgan fingerprint density at radius 3 is 0.778 bits per heavy atom. The van der Waals surface area contributed by atoms with E-state index in [-0.39, 0.29) is 360 Å². The molecule has 0 aliphatic carbocycles. The van der Waals surface area contributed by atoms with Crippen LogP contribution in [-0.2, 0) is 360 Å². The maximum absolute atomic E-state index is 5.03. The van der Waals surface area contributed by atoms with Crippen molar-refractivity contribution in [2.75, 3.05) is 0 Å². The Bertz CT molecular complexity index is 1960. The third-order valence-corrected chi connectivity index (χ3v) is 7.10. The van der Waals surface area contributed by atoms with Crippen LogP contribution in [0.2, 0.25) is 0 Å². The van der Waals surface area contributed by atoms with Crippen LogP contribution in [0.4, 0.5) is 0 Å². The van der Waals surface area contributed by atoms with Gasteiger partial charge in [-0.05, 0) is 121 Å². The first-order valence-electron chi connectivity index (χ1n) is 31.1. The second-order valence-corrected chi connectivity index (χ2v) is 13.7. The van der Waals surface area contributed by atoms with Crippen LogP contribution in [0.25, 0.3) is 0 Å². The van der Waals surface area contributed by atoms with E-state index in [1.165, 1.54) is 48.1 Å². The Morgan fingerprint density at radius 1 is 0.253 bits per heavy atom.